The number of aromatic amines is 1. The number of rotatable bonds is 11. The predicted octanol–water partition coefficient (Wildman–Crippen LogP) is -3.06. The fourth-order valence-electron chi connectivity index (χ4n) is 5.20. The SMILES string of the molecule is Nc1nc2c(ncn2[C@@H]2O[C@H](CO)[C@H](O)[C@@H]2OP(=O)(O)OC[C@H]2O[C@@H](n3cnc4c(N)ncnc43)C(O)C2OC[PH](=O)O)c(=O)[nH]1. The van der Waals surface area contributed by atoms with Crippen LogP contribution in [0.1, 0.15) is 12.5 Å². The summed E-state index contributed by atoms with van der Waals surface area (Å²) in [5.74, 6) is -0.222. The Labute approximate surface area is 256 Å². The van der Waals surface area contributed by atoms with Crippen molar-refractivity contribution in [2.75, 3.05) is 31.0 Å². The van der Waals surface area contributed by atoms with Gasteiger partial charge in [0.15, 0.2) is 35.1 Å². The fraction of sp³-hybridized carbons (Fsp3) is 0.524. The smallest absolute Gasteiger partial charge is 0.394 e. The lowest BCUT2D eigenvalue weighted by Gasteiger charge is -2.25. The number of aromatic nitrogens is 8. The largest absolute Gasteiger partial charge is 0.472 e. The molecule has 0 bridgehead atoms. The van der Waals surface area contributed by atoms with Gasteiger partial charge in [-0.15, -0.1) is 0 Å². The molecular weight excluding hydrogens is 662 g/mol. The number of H-pyrrole nitrogens is 1. The van der Waals surface area contributed by atoms with Crippen LogP contribution >= 0.6 is 15.9 Å². The van der Waals surface area contributed by atoms with Gasteiger partial charge < -0.3 is 50.8 Å². The summed E-state index contributed by atoms with van der Waals surface area (Å²) >= 11 is 0. The van der Waals surface area contributed by atoms with Crippen LogP contribution < -0.4 is 17.0 Å². The third-order valence-electron chi connectivity index (χ3n) is 7.24. The molecule has 23 nitrogen and oxygen atoms in total. The van der Waals surface area contributed by atoms with E-state index in [9.17, 15) is 39.0 Å². The molecule has 4 aromatic heterocycles. The molecule has 2 fully saturated rings. The van der Waals surface area contributed by atoms with Crippen LogP contribution in [0.3, 0.4) is 0 Å². The number of fused-ring (bicyclic) bond motifs is 2. The van der Waals surface area contributed by atoms with Gasteiger partial charge in [0.2, 0.25) is 14.0 Å². The first-order chi connectivity index (χ1) is 21.9. The molecule has 0 saturated carbocycles. The van der Waals surface area contributed by atoms with Crippen LogP contribution in [0.5, 0.6) is 0 Å². The normalized spacial score (nSPS) is 30.3. The molecule has 250 valence electrons. The van der Waals surface area contributed by atoms with E-state index in [0.29, 0.717) is 0 Å². The van der Waals surface area contributed by atoms with Crippen molar-refractivity contribution in [2.24, 2.45) is 0 Å². The Bertz CT molecular complexity index is 1870. The standard InChI is InChI=1S/C21H28N10O13P2/c22-15-9-16(25-3-24-15)30(4-26-9)19-12(34)13(40-6-45(36)37)8(43-19)2-41-46(38,39)44-14-11(33)7(1-32)42-20(14)31-5-27-10-17(31)28-21(23)29-18(10)35/h3-5,7-8,11-14,19-20,32-34,45H,1-2,6H2,(H,36,37)(H,38,39)(H2,22,24,25)(H3,23,28,29,35)/t7-,8-,11+,12?,13?,14+,19-,20-/m1/s1. The summed E-state index contributed by atoms with van der Waals surface area (Å²) in [6.45, 7) is -1.50. The van der Waals surface area contributed by atoms with Gasteiger partial charge in [-0.3, -0.25) is 32.5 Å². The quantitative estimate of drug-likeness (QED) is 0.0724. The summed E-state index contributed by atoms with van der Waals surface area (Å²) < 4.78 is 54.4. The summed E-state index contributed by atoms with van der Waals surface area (Å²) in [5, 5.41) is 31.6. The molecule has 2 saturated heterocycles. The minimum absolute atomic E-state index is 0.0516. The Morgan fingerprint density at radius 1 is 1.00 bits per heavy atom. The van der Waals surface area contributed by atoms with E-state index in [-0.39, 0.29) is 34.1 Å². The second-order valence-electron chi connectivity index (χ2n) is 10.2. The van der Waals surface area contributed by atoms with Crippen molar-refractivity contribution in [3.63, 3.8) is 0 Å². The van der Waals surface area contributed by atoms with Crippen molar-refractivity contribution in [3.8, 4) is 0 Å². The van der Waals surface area contributed by atoms with E-state index < -0.39 is 90.1 Å². The highest BCUT2D eigenvalue weighted by Gasteiger charge is 2.51. The summed E-state index contributed by atoms with van der Waals surface area (Å²) in [5.41, 5.74) is 10.9. The number of ether oxygens (including phenoxy) is 3. The van der Waals surface area contributed by atoms with Crippen LogP contribution in [-0.2, 0) is 32.4 Å². The van der Waals surface area contributed by atoms with Crippen molar-refractivity contribution < 1.29 is 57.5 Å². The lowest BCUT2D eigenvalue weighted by molar-refractivity contribution is -0.0649. The van der Waals surface area contributed by atoms with Crippen molar-refractivity contribution >= 4 is 49.9 Å². The number of aliphatic hydroxyl groups excluding tert-OH is 3. The Morgan fingerprint density at radius 2 is 1.70 bits per heavy atom. The number of nitrogen functional groups attached to an aromatic ring is 2. The highest BCUT2D eigenvalue weighted by molar-refractivity contribution is 7.47. The summed E-state index contributed by atoms with van der Waals surface area (Å²) in [6, 6.07) is 0. The third-order valence-corrected chi connectivity index (χ3v) is 8.64. The van der Waals surface area contributed by atoms with Crippen molar-refractivity contribution in [2.45, 2.75) is 49.1 Å². The average Bonchev–Trinajstić information content (AvgIpc) is 3.76. The molecule has 0 amide bonds. The summed E-state index contributed by atoms with van der Waals surface area (Å²) in [7, 11) is -8.31. The zero-order valence-electron chi connectivity index (χ0n) is 23.2. The van der Waals surface area contributed by atoms with E-state index in [1.165, 1.54) is 10.9 Å². The molecule has 6 heterocycles. The fourth-order valence-corrected chi connectivity index (χ4v) is 6.47. The topological polar surface area (TPSA) is 341 Å². The molecule has 25 heteroatoms. The molecule has 10 atom stereocenters. The van der Waals surface area contributed by atoms with Crippen molar-refractivity contribution in [3.05, 3.63) is 29.3 Å². The molecule has 46 heavy (non-hydrogen) atoms. The molecule has 0 aromatic carbocycles. The van der Waals surface area contributed by atoms with Gasteiger partial charge in [-0.1, -0.05) is 0 Å². The molecule has 0 aliphatic carbocycles. The number of phosphoric acid groups is 1. The lowest BCUT2D eigenvalue weighted by atomic mass is 10.1. The van der Waals surface area contributed by atoms with Crippen LogP contribution in [0.2, 0.25) is 0 Å². The molecule has 10 N–H and O–H groups in total. The Hall–Kier alpha value is -3.44. The van der Waals surface area contributed by atoms with E-state index in [4.69, 9.17) is 34.7 Å². The minimum Gasteiger partial charge on any atom is -0.394 e. The first-order valence-electron chi connectivity index (χ1n) is 13.3. The summed E-state index contributed by atoms with van der Waals surface area (Å²) in [6.07, 6.45) is -8.78. The maximum absolute atomic E-state index is 13.2. The van der Waals surface area contributed by atoms with Gasteiger partial charge in [-0.2, -0.15) is 4.98 Å². The van der Waals surface area contributed by atoms with E-state index in [1.807, 2.05) is 0 Å². The van der Waals surface area contributed by atoms with E-state index in [2.05, 4.69) is 29.9 Å². The number of hydrogen-bond donors (Lipinski definition) is 8. The number of hydrogen-bond acceptors (Lipinski definition) is 18. The number of nitrogens with zero attached hydrogens (tertiary/aromatic N) is 7. The van der Waals surface area contributed by atoms with Crippen molar-refractivity contribution in [1.82, 2.24) is 39.0 Å². The third kappa shape index (κ3) is 6.03. The molecule has 4 unspecified atom stereocenters. The van der Waals surface area contributed by atoms with Crippen LogP contribution in [0.25, 0.3) is 22.3 Å². The highest BCUT2D eigenvalue weighted by atomic mass is 31.2. The van der Waals surface area contributed by atoms with Crippen molar-refractivity contribution in [1.29, 1.82) is 0 Å². The molecule has 2 aliphatic heterocycles. The predicted molar refractivity (Wildman–Crippen MR) is 151 cm³/mol. The zero-order valence-corrected chi connectivity index (χ0v) is 25.1. The van der Waals surface area contributed by atoms with Crippen LogP contribution in [0, 0.1) is 0 Å². The van der Waals surface area contributed by atoms with Crippen LogP contribution in [0.15, 0.2) is 23.8 Å². The number of anilines is 2. The second kappa shape index (κ2) is 12.6. The van der Waals surface area contributed by atoms with E-state index in [1.54, 1.807) is 0 Å². The average molecular weight is 690 g/mol. The Balaban J connectivity index is 1.22. The lowest BCUT2D eigenvalue weighted by Crippen LogP contribution is -2.37. The zero-order chi connectivity index (χ0) is 32.9. The van der Waals surface area contributed by atoms with Gasteiger partial charge in [0.25, 0.3) is 5.56 Å². The number of nitrogens with one attached hydrogen (secondary N) is 1. The highest BCUT2D eigenvalue weighted by Crippen LogP contribution is 2.50. The molecule has 6 rings (SSSR count). The number of aliphatic hydroxyl groups is 3. The number of phosphoric ester groups is 1. The molecule has 0 radical (unpaired) electrons. The second-order valence-corrected chi connectivity index (χ2v) is 12.6. The number of imidazole rings is 2. The van der Waals surface area contributed by atoms with Crippen LogP contribution in [0.4, 0.5) is 11.8 Å². The Kier molecular flexibility index (Phi) is 8.93. The maximum atomic E-state index is 13.2. The summed E-state index contributed by atoms with van der Waals surface area (Å²) in [4.78, 5) is 54.5. The molecule has 4 aromatic rings. The first kappa shape index (κ1) is 32.5. The molecule has 2 aliphatic rings. The van der Waals surface area contributed by atoms with E-state index in [0.717, 1.165) is 17.2 Å². The maximum Gasteiger partial charge on any atom is 0.472 e. The van der Waals surface area contributed by atoms with E-state index >= 15 is 0 Å². The van der Waals surface area contributed by atoms with Gasteiger partial charge in [0.1, 0.15) is 54.8 Å². The minimum atomic E-state index is -5.14. The molecule has 0 spiro atoms. The first-order valence-corrected chi connectivity index (χ1v) is 16.4. The van der Waals surface area contributed by atoms with Gasteiger partial charge >= 0.3 is 7.82 Å². The van der Waals surface area contributed by atoms with Gasteiger partial charge in [0.05, 0.1) is 25.9 Å². The van der Waals surface area contributed by atoms with Crippen LogP contribution in [-0.4, -0.2) is 120 Å². The molecular formula is C21H28N10O13P2. The van der Waals surface area contributed by atoms with Gasteiger partial charge in [-0.25, -0.2) is 24.5 Å². The monoisotopic (exact) mass is 690 g/mol. The van der Waals surface area contributed by atoms with Gasteiger partial charge in [-0.05, 0) is 0 Å². The number of nitrogens with two attached hydrogens (primary N) is 2. The Morgan fingerprint density at radius 3 is 2.41 bits per heavy atom. The van der Waals surface area contributed by atoms with Gasteiger partial charge in [0, 0.05) is 0 Å².